The third-order valence-corrected chi connectivity index (χ3v) is 12.2. The average Bonchev–Trinajstić information content (AvgIpc) is 3.83. The number of rotatable bonds is 9. The Balaban J connectivity index is 0.807. The number of ether oxygens (including phenoxy) is 1. The molecule has 0 spiro atoms. The van der Waals surface area contributed by atoms with Crippen molar-refractivity contribution in [2.24, 2.45) is 0 Å². The third kappa shape index (κ3) is 8.01. The highest BCUT2D eigenvalue weighted by molar-refractivity contribution is 6.05. The van der Waals surface area contributed by atoms with Gasteiger partial charge in [-0.25, -0.2) is 0 Å². The first-order valence-corrected chi connectivity index (χ1v) is 21.1. The van der Waals surface area contributed by atoms with Crippen molar-refractivity contribution in [3.63, 3.8) is 0 Å². The molecule has 1 atom stereocenters. The maximum Gasteiger partial charge on any atom is 0.269 e. The SMILES string of the molecule is CC(=O)N1CCc2c(c(-c3cccc4cc(-c5ccc(C(=O)NCCCCC#Cc6cccc7c6CN(C6CCC(=O)NC6=O)C7=O)nc5)ncc34)nn2C2CCOCC2)C1. The van der Waals surface area contributed by atoms with E-state index in [0.29, 0.717) is 43.7 Å². The molecular weight excluding hydrogens is 773 g/mol. The number of aromatic nitrogens is 4. The molecule has 2 N–H and O–H groups in total. The van der Waals surface area contributed by atoms with Gasteiger partial charge in [0.15, 0.2) is 0 Å². The van der Waals surface area contributed by atoms with Crippen LogP contribution in [0.15, 0.2) is 67.0 Å². The van der Waals surface area contributed by atoms with Crippen molar-refractivity contribution in [1.29, 1.82) is 0 Å². The molecule has 4 aliphatic rings. The number of benzene rings is 2. The number of carbonyl (C=O) groups excluding carboxylic acids is 5. The van der Waals surface area contributed by atoms with Gasteiger partial charge in [-0.05, 0) is 73.4 Å². The Kier molecular flexibility index (Phi) is 11.1. The van der Waals surface area contributed by atoms with Gasteiger partial charge < -0.3 is 19.9 Å². The largest absolute Gasteiger partial charge is 0.381 e. The zero-order chi connectivity index (χ0) is 42.0. The molecule has 2 saturated heterocycles. The van der Waals surface area contributed by atoms with Gasteiger partial charge in [-0.3, -0.25) is 43.9 Å². The Morgan fingerprint density at radius 1 is 0.918 bits per heavy atom. The number of fused-ring (bicyclic) bond motifs is 3. The van der Waals surface area contributed by atoms with Crippen LogP contribution in [0.1, 0.15) is 101 Å². The maximum atomic E-state index is 13.1. The number of hydrogen-bond acceptors (Lipinski definition) is 9. The number of pyridine rings is 2. The summed E-state index contributed by atoms with van der Waals surface area (Å²) in [5, 5.41) is 12.5. The highest BCUT2D eigenvalue weighted by atomic mass is 16.5. The van der Waals surface area contributed by atoms with Crippen LogP contribution < -0.4 is 10.6 Å². The second kappa shape index (κ2) is 17.1. The number of hydrogen-bond donors (Lipinski definition) is 2. The summed E-state index contributed by atoms with van der Waals surface area (Å²) < 4.78 is 7.85. The first-order valence-electron chi connectivity index (χ1n) is 21.1. The van der Waals surface area contributed by atoms with E-state index in [-0.39, 0.29) is 42.6 Å². The van der Waals surface area contributed by atoms with Crippen LogP contribution in [0.5, 0.6) is 0 Å². The molecule has 0 bridgehead atoms. The van der Waals surface area contributed by atoms with Crippen LogP contribution in [0.3, 0.4) is 0 Å². The van der Waals surface area contributed by atoms with Crippen LogP contribution in [0, 0.1) is 11.8 Å². The summed E-state index contributed by atoms with van der Waals surface area (Å²) in [6, 6.07) is 16.8. The summed E-state index contributed by atoms with van der Waals surface area (Å²) in [4.78, 5) is 75.3. The van der Waals surface area contributed by atoms with Crippen molar-refractivity contribution in [3.8, 4) is 34.4 Å². The van der Waals surface area contributed by atoms with Gasteiger partial charge >= 0.3 is 0 Å². The molecule has 1 unspecified atom stereocenters. The molecule has 14 nitrogen and oxygen atoms in total. The predicted molar refractivity (Wildman–Crippen MR) is 226 cm³/mol. The molecule has 0 saturated carbocycles. The zero-order valence-electron chi connectivity index (χ0n) is 34.0. The van der Waals surface area contributed by atoms with Gasteiger partial charge in [-0.2, -0.15) is 5.10 Å². The number of amides is 5. The van der Waals surface area contributed by atoms with Crippen molar-refractivity contribution >= 4 is 40.3 Å². The van der Waals surface area contributed by atoms with Crippen molar-refractivity contribution in [3.05, 3.63) is 101 Å². The van der Waals surface area contributed by atoms with E-state index < -0.39 is 11.9 Å². The highest BCUT2D eigenvalue weighted by Crippen LogP contribution is 2.38. The van der Waals surface area contributed by atoms with Crippen LogP contribution in [0.2, 0.25) is 0 Å². The molecule has 61 heavy (non-hydrogen) atoms. The van der Waals surface area contributed by atoms with E-state index in [1.165, 1.54) is 10.6 Å². The summed E-state index contributed by atoms with van der Waals surface area (Å²) in [7, 11) is 0. The number of carbonyl (C=O) groups is 5. The molecule has 3 aromatic heterocycles. The fourth-order valence-electron chi connectivity index (χ4n) is 8.87. The third-order valence-electron chi connectivity index (χ3n) is 12.2. The minimum absolute atomic E-state index is 0.0623. The average molecular weight is 819 g/mol. The first kappa shape index (κ1) is 39.7. The maximum absolute atomic E-state index is 13.1. The van der Waals surface area contributed by atoms with Crippen LogP contribution in [-0.2, 0) is 38.6 Å². The Morgan fingerprint density at radius 2 is 1.75 bits per heavy atom. The van der Waals surface area contributed by atoms with Gasteiger partial charge in [0, 0.05) is 117 Å². The van der Waals surface area contributed by atoms with E-state index >= 15 is 0 Å². The second-order valence-corrected chi connectivity index (χ2v) is 16.0. The molecule has 2 fully saturated rings. The Labute approximate surface area is 353 Å². The normalized spacial score (nSPS) is 17.7. The van der Waals surface area contributed by atoms with Gasteiger partial charge in [0.05, 0.1) is 17.4 Å². The highest BCUT2D eigenvalue weighted by Gasteiger charge is 2.40. The molecule has 4 aliphatic heterocycles. The fourth-order valence-corrected chi connectivity index (χ4v) is 8.87. The lowest BCUT2D eigenvalue weighted by Crippen LogP contribution is -2.52. The second-order valence-electron chi connectivity index (χ2n) is 16.0. The van der Waals surface area contributed by atoms with Gasteiger partial charge in [-0.15, -0.1) is 0 Å². The Morgan fingerprint density at radius 3 is 2.56 bits per heavy atom. The smallest absolute Gasteiger partial charge is 0.269 e. The summed E-state index contributed by atoms with van der Waals surface area (Å²) in [5.74, 6) is 5.22. The van der Waals surface area contributed by atoms with E-state index in [0.717, 1.165) is 95.3 Å². The number of imide groups is 1. The van der Waals surface area contributed by atoms with E-state index in [2.05, 4.69) is 44.3 Å². The lowest BCUT2D eigenvalue weighted by atomic mass is 9.96. The van der Waals surface area contributed by atoms with E-state index in [1.54, 1.807) is 31.3 Å². The minimum Gasteiger partial charge on any atom is -0.381 e. The van der Waals surface area contributed by atoms with Crippen molar-refractivity contribution in [2.75, 3.05) is 26.3 Å². The number of unbranched alkanes of at least 4 members (excludes halogenated alkanes) is 2. The lowest BCUT2D eigenvalue weighted by Gasteiger charge is -2.29. The molecule has 2 aromatic carbocycles. The Bertz CT molecular complexity index is 2640. The first-order chi connectivity index (χ1) is 29.7. The number of piperidine rings is 1. The van der Waals surface area contributed by atoms with Crippen molar-refractivity contribution < 1.29 is 28.7 Å². The van der Waals surface area contributed by atoms with Crippen molar-refractivity contribution in [2.45, 2.75) is 83.5 Å². The van der Waals surface area contributed by atoms with Gasteiger partial charge in [0.25, 0.3) is 11.8 Å². The molecule has 310 valence electrons. The van der Waals surface area contributed by atoms with Crippen LogP contribution >= 0.6 is 0 Å². The molecule has 0 radical (unpaired) electrons. The summed E-state index contributed by atoms with van der Waals surface area (Å²) >= 11 is 0. The summed E-state index contributed by atoms with van der Waals surface area (Å²) in [5.41, 5.74) is 8.12. The number of nitrogens with one attached hydrogen (secondary N) is 2. The van der Waals surface area contributed by atoms with Crippen LogP contribution in [-0.4, -0.2) is 91.4 Å². The quantitative estimate of drug-likeness (QED) is 0.116. The molecule has 14 heteroatoms. The molecule has 9 rings (SSSR count). The van der Waals surface area contributed by atoms with Gasteiger partial charge in [-0.1, -0.05) is 36.1 Å². The van der Waals surface area contributed by atoms with E-state index in [4.69, 9.17) is 14.8 Å². The lowest BCUT2D eigenvalue weighted by molar-refractivity contribution is -0.137. The summed E-state index contributed by atoms with van der Waals surface area (Å²) in [6.07, 6.45) is 8.76. The van der Waals surface area contributed by atoms with E-state index in [1.807, 2.05) is 35.4 Å². The van der Waals surface area contributed by atoms with Crippen LogP contribution in [0.4, 0.5) is 0 Å². The Hall–Kier alpha value is -6.72. The molecular formula is C47H46N8O6. The zero-order valence-corrected chi connectivity index (χ0v) is 34.0. The minimum atomic E-state index is -0.668. The fraction of sp³-hybridized carbons (Fsp3) is 0.362. The van der Waals surface area contributed by atoms with E-state index in [9.17, 15) is 24.0 Å². The monoisotopic (exact) mass is 818 g/mol. The van der Waals surface area contributed by atoms with Gasteiger partial charge in [0.1, 0.15) is 11.7 Å². The van der Waals surface area contributed by atoms with Gasteiger partial charge in [0.2, 0.25) is 17.7 Å². The molecule has 5 aromatic rings. The van der Waals surface area contributed by atoms with Crippen molar-refractivity contribution in [1.82, 2.24) is 40.2 Å². The number of nitrogens with zero attached hydrogens (tertiary/aromatic N) is 6. The topological polar surface area (TPSA) is 169 Å². The van der Waals surface area contributed by atoms with Crippen LogP contribution in [0.25, 0.3) is 33.3 Å². The molecule has 0 aliphatic carbocycles. The molecule has 5 amide bonds. The standard InChI is InChI=1S/C47H46N8O6/c1-29(56)53-21-17-41-38(27-53)44(52-55(41)33-18-22-61-23-19-33)34-11-7-10-31-24-40(50-26-36(31)34)32-13-14-39(49-25-32)45(58)48-20-5-3-2-4-8-30-9-6-12-35-37(30)28-54(47(35)60)42-15-16-43(57)51-46(42)59/h6-7,9-14,24-26,33,42H,2-3,5,15-23,27-28H2,1H3,(H,48,58)(H,51,57,59). The predicted octanol–water partition coefficient (Wildman–Crippen LogP) is 5.13. The summed E-state index contributed by atoms with van der Waals surface area (Å²) in [6.45, 7) is 5.03. The molecule has 7 heterocycles.